The van der Waals surface area contributed by atoms with Crippen molar-refractivity contribution in [1.29, 1.82) is 0 Å². The molecule has 1 saturated heterocycles. The zero-order valence-electron chi connectivity index (χ0n) is 16.0. The number of benzene rings is 2. The quantitative estimate of drug-likeness (QED) is 0.635. The minimum atomic E-state index is -3.48. The lowest BCUT2D eigenvalue weighted by molar-refractivity contribution is 0.383. The van der Waals surface area contributed by atoms with Gasteiger partial charge >= 0.3 is 0 Å². The van der Waals surface area contributed by atoms with Gasteiger partial charge in [0.1, 0.15) is 0 Å². The number of hydrogen-bond donors (Lipinski definition) is 0. The maximum absolute atomic E-state index is 12.9. The van der Waals surface area contributed by atoms with E-state index < -0.39 is 10.0 Å². The van der Waals surface area contributed by atoms with Gasteiger partial charge in [-0.3, -0.25) is 0 Å². The molecule has 1 aliphatic rings. The highest BCUT2D eigenvalue weighted by Crippen LogP contribution is 2.23. The van der Waals surface area contributed by atoms with Crippen molar-refractivity contribution in [2.24, 2.45) is 0 Å². The van der Waals surface area contributed by atoms with Crippen molar-refractivity contribution in [2.75, 3.05) is 31.1 Å². The summed E-state index contributed by atoms with van der Waals surface area (Å²) >= 11 is 5.93. The summed E-state index contributed by atoms with van der Waals surface area (Å²) in [5.74, 6) is 0.746. The molecule has 0 N–H and O–H groups in total. The molecule has 1 fully saturated rings. The summed E-state index contributed by atoms with van der Waals surface area (Å²) in [5.41, 5.74) is 2.65. The van der Waals surface area contributed by atoms with E-state index in [4.69, 9.17) is 11.6 Å². The van der Waals surface area contributed by atoms with Crippen LogP contribution >= 0.6 is 11.6 Å². The lowest BCUT2D eigenvalue weighted by atomic mass is 10.1. The Kier molecular flexibility index (Phi) is 5.54. The smallest absolute Gasteiger partial charge is 0.243 e. The summed E-state index contributed by atoms with van der Waals surface area (Å²) in [6.07, 6.45) is 0. The molecular weight excluding hydrogens is 408 g/mol. The Morgan fingerprint density at radius 1 is 0.897 bits per heavy atom. The zero-order valence-corrected chi connectivity index (χ0v) is 17.6. The van der Waals surface area contributed by atoms with E-state index in [2.05, 4.69) is 15.1 Å². The van der Waals surface area contributed by atoms with Gasteiger partial charge in [-0.15, -0.1) is 10.2 Å². The Morgan fingerprint density at radius 3 is 2.24 bits per heavy atom. The minimum absolute atomic E-state index is 0.345. The SMILES string of the molecule is Cc1cccc(S(=O)(=O)N2CCN(c3ccc(-c4ccc(Cl)cc4)nn3)CC2)c1. The molecule has 0 atom stereocenters. The van der Waals surface area contributed by atoms with Crippen LogP contribution in [0, 0.1) is 6.92 Å². The fraction of sp³-hybridized carbons (Fsp3) is 0.238. The Balaban J connectivity index is 1.43. The third kappa shape index (κ3) is 4.27. The first-order valence-electron chi connectivity index (χ1n) is 9.35. The van der Waals surface area contributed by atoms with E-state index in [9.17, 15) is 8.42 Å². The van der Waals surface area contributed by atoms with Crippen LogP contribution in [-0.2, 0) is 10.0 Å². The van der Waals surface area contributed by atoms with Gasteiger partial charge in [0.2, 0.25) is 10.0 Å². The summed E-state index contributed by atoms with van der Waals surface area (Å²) in [4.78, 5) is 2.40. The molecular formula is C21H21ClN4O2S. The number of aryl methyl sites for hydroxylation is 1. The highest BCUT2D eigenvalue weighted by atomic mass is 35.5. The van der Waals surface area contributed by atoms with Gasteiger partial charge in [0.05, 0.1) is 10.6 Å². The van der Waals surface area contributed by atoms with Gasteiger partial charge in [0, 0.05) is 36.8 Å². The molecule has 0 unspecified atom stereocenters. The van der Waals surface area contributed by atoms with Crippen LogP contribution in [0.1, 0.15) is 5.56 Å². The summed E-state index contributed by atoms with van der Waals surface area (Å²) < 4.78 is 27.3. The van der Waals surface area contributed by atoms with Gasteiger partial charge in [0.25, 0.3) is 0 Å². The number of nitrogens with zero attached hydrogens (tertiary/aromatic N) is 4. The first-order chi connectivity index (χ1) is 13.9. The predicted molar refractivity (Wildman–Crippen MR) is 115 cm³/mol. The maximum atomic E-state index is 12.9. The van der Waals surface area contributed by atoms with Gasteiger partial charge in [0.15, 0.2) is 5.82 Å². The number of halogens is 1. The van der Waals surface area contributed by atoms with E-state index in [0.29, 0.717) is 36.1 Å². The number of anilines is 1. The minimum Gasteiger partial charge on any atom is -0.352 e. The molecule has 29 heavy (non-hydrogen) atoms. The fourth-order valence-electron chi connectivity index (χ4n) is 3.35. The van der Waals surface area contributed by atoms with Crippen LogP contribution in [0.2, 0.25) is 5.02 Å². The van der Waals surface area contributed by atoms with Crippen LogP contribution in [0.15, 0.2) is 65.6 Å². The van der Waals surface area contributed by atoms with Crippen LogP contribution in [0.5, 0.6) is 0 Å². The van der Waals surface area contributed by atoms with Crippen LogP contribution in [-0.4, -0.2) is 49.1 Å². The molecule has 0 aliphatic carbocycles. The third-order valence-corrected chi connectivity index (χ3v) is 7.13. The standard InChI is InChI=1S/C21H21ClN4O2S/c1-16-3-2-4-19(15-16)29(27,28)26-13-11-25(12-14-26)21-10-9-20(23-24-21)17-5-7-18(22)8-6-17/h2-10,15H,11-14H2,1H3. The molecule has 0 saturated carbocycles. The highest BCUT2D eigenvalue weighted by molar-refractivity contribution is 7.89. The molecule has 1 aromatic heterocycles. The van der Waals surface area contributed by atoms with E-state index >= 15 is 0 Å². The largest absolute Gasteiger partial charge is 0.352 e. The maximum Gasteiger partial charge on any atom is 0.243 e. The topological polar surface area (TPSA) is 66.4 Å². The Bertz CT molecular complexity index is 1090. The average molecular weight is 429 g/mol. The van der Waals surface area contributed by atoms with Crippen molar-refractivity contribution in [1.82, 2.24) is 14.5 Å². The molecule has 0 amide bonds. The van der Waals surface area contributed by atoms with Crippen molar-refractivity contribution >= 4 is 27.4 Å². The lowest BCUT2D eigenvalue weighted by Crippen LogP contribution is -2.49. The average Bonchev–Trinajstić information content (AvgIpc) is 2.74. The second kappa shape index (κ2) is 8.10. The first-order valence-corrected chi connectivity index (χ1v) is 11.2. The first kappa shape index (κ1) is 19.8. The van der Waals surface area contributed by atoms with Crippen LogP contribution in [0.25, 0.3) is 11.3 Å². The normalized spacial score (nSPS) is 15.4. The van der Waals surface area contributed by atoms with Gasteiger partial charge in [-0.05, 0) is 48.9 Å². The molecule has 0 radical (unpaired) electrons. The monoisotopic (exact) mass is 428 g/mol. The second-order valence-electron chi connectivity index (χ2n) is 6.99. The number of rotatable bonds is 4. The summed E-state index contributed by atoms with van der Waals surface area (Å²) in [6, 6.07) is 18.3. The van der Waals surface area contributed by atoms with E-state index in [1.807, 2.05) is 49.4 Å². The van der Waals surface area contributed by atoms with Crippen LogP contribution in [0.4, 0.5) is 5.82 Å². The second-order valence-corrected chi connectivity index (χ2v) is 9.37. The van der Waals surface area contributed by atoms with Gasteiger partial charge in [-0.25, -0.2) is 8.42 Å². The predicted octanol–water partition coefficient (Wildman–Crippen LogP) is 3.62. The number of sulfonamides is 1. The molecule has 0 bridgehead atoms. The number of hydrogen-bond acceptors (Lipinski definition) is 5. The Labute approximate surface area is 175 Å². The van der Waals surface area contributed by atoms with Crippen molar-refractivity contribution < 1.29 is 8.42 Å². The molecule has 3 aromatic rings. The zero-order chi connectivity index (χ0) is 20.4. The van der Waals surface area contributed by atoms with Gasteiger partial charge in [-0.2, -0.15) is 4.31 Å². The molecule has 6 nitrogen and oxygen atoms in total. The molecule has 0 spiro atoms. The number of aromatic nitrogens is 2. The van der Waals surface area contributed by atoms with E-state index in [1.165, 1.54) is 4.31 Å². The fourth-order valence-corrected chi connectivity index (χ4v) is 5.00. The Hall–Kier alpha value is -2.48. The Morgan fingerprint density at radius 2 is 1.62 bits per heavy atom. The van der Waals surface area contributed by atoms with E-state index in [-0.39, 0.29) is 0 Å². The summed E-state index contributed by atoms with van der Waals surface area (Å²) in [7, 11) is -3.48. The molecule has 2 aromatic carbocycles. The summed E-state index contributed by atoms with van der Waals surface area (Å²) in [5, 5.41) is 9.32. The van der Waals surface area contributed by atoms with Crippen LogP contribution in [0.3, 0.4) is 0 Å². The van der Waals surface area contributed by atoms with Crippen molar-refractivity contribution in [3.8, 4) is 11.3 Å². The highest BCUT2D eigenvalue weighted by Gasteiger charge is 2.29. The molecule has 8 heteroatoms. The van der Waals surface area contributed by atoms with E-state index in [1.54, 1.807) is 18.2 Å². The molecule has 150 valence electrons. The lowest BCUT2D eigenvalue weighted by Gasteiger charge is -2.34. The molecule has 1 aliphatic heterocycles. The molecule has 2 heterocycles. The third-order valence-electron chi connectivity index (χ3n) is 4.98. The van der Waals surface area contributed by atoms with Gasteiger partial charge in [-0.1, -0.05) is 35.9 Å². The number of piperazine rings is 1. The van der Waals surface area contributed by atoms with Crippen molar-refractivity contribution in [3.05, 3.63) is 71.2 Å². The molecule has 4 rings (SSSR count). The van der Waals surface area contributed by atoms with Crippen molar-refractivity contribution in [3.63, 3.8) is 0 Å². The van der Waals surface area contributed by atoms with Crippen molar-refractivity contribution in [2.45, 2.75) is 11.8 Å². The van der Waals surface area contributed by atoms with Gasteiger partial charge < -0.3 is 4.90 Å². The summed E-state index contributed by atoms with van der Waals surface area (Å²) in [6.45, 7) is 3.86. The van der Waals surface area contributed by atoms with Crippen LogP contribution < -0.4 is 4.90 Å². The van der Waals surface area contributed by atoms with E-state index in [0.717, 1.165) is 22.6 Å².